The van der Waals surface area contributed by atoms with Crippen LogP contribution in [-0.2, 0) is 5.75 Å². The maximum atomic E-state index is 9.93. The molecule has 1 heterocycles. The molecular weight excluding hydrogens is 232 g/mol. The molecule has 0 saturated carbocycles. The van der Waals surface area contributed by atoms with Gasteiger partial charge in [0.15, 0.2) is 0 Å². The highest BCUT2D eigenvalue weighted by atomic mass is 32.2. The van der Waals surface area contributed by atoms with Crippen LogP contribution >= 0.6 is 11.8 Å². The smallest absolute Gasteiger partial charge is 0.113 e. The van der Waals surface area contributed by atoms with Gasteiger partial charge in [-0.2, -0.15) is 0 Å². The summed E-state index contributed by atoms with van der Waals surface area (Å²) in [5.41, 5.74) is 1.01. The average molecular weight is 248 g/mol. The standard InChI is InChI=1S/C14H16O2S/c1-2-13(15)12-7-3-4-8-14(12)17-10-11-6-5-9-16-11/h3-9,13,15H,2,10H2,1H3. The summed E-state index contributed by atoms with van der Waals surface area (Å²) >= 11 is 1.69. The minimum absolute atomic E-state index is 0.379. The van der Waals surface area contributed by atoms with Gasteiger partial charge in [0, 0.05) is 4.90 Å². The van der Waals surface area contributed by atoms with Gasteiger partial charge in [-0.25, -0.2) is 0 Å². The molecule has 0 aliphatic heterocycles. The Morgan fingerprint density at radius 1 is 1.24 bits per heavy atom. The average Bonchev–Trinajstić information content (AvgIpc) is 2.89. The third-order valence-corrected chi connectivity index (χ3v) is 3.73. The van der Waals surface area contributed by atoms with Crippen molar-refractivity contribution >= 4 is 11.8 Å². The molecule has 1 N–H and O–H groups in total. The van der Waals surface area contributed by atoms with E-state index in [1.54, 1.807) is 18.0 Å². The lowest BCUT2D eigenvalue weighted by atomic mass is 10.1. The SMILES string of the molecule is CCC(O)c1ccccc1SCc1ccco1. The first-order valence-corrected chi connectivity index (χ1v) is 6.72. The normalized spacial score (nSPS) is 12.6. The van der Waals surface area contributed by atoms with Crippen molar-refractivity contribution < 1.29 is 9.52 Å². The van der Waals surface area contributed by atoms with E-state index in [-0.39, 0.29) is 6.10 Å². The first-order chi connectivity index (χ1) is 8.31. The quantitative estimate of drug-likeness (QED) is 0.811. The maximum absolute atomic E-state index is 9.93. The van der Waals surface area contributed by atoms with Gasteiger partial charge in [0.2, 0.25) is 0 Å². The van der Waals surface area contributed by atoms with Crippen LogP contribution in [0.3, 0.4) is 0 Å². The summed E-state index contributed by atoms with van der Waals surface area (Å²) < 4.78 is 5.30. The first kappa shape index (κ1) is 12.3. The zero-order valence-electron chi connectivity index (χ0n) is 9.80. The monoisotopic (exact) mass is 248 g/mol. The molecule has 2 aromatic rings. The molecule has 0 spiro atoms. The zero-order chi connectivity index (χ0) is 12.1. The van der Waals surface area contributed by atoms with E-state index in [1.807, 2.05) is 43.3 Å². The lowest BCUT2D eigenvalue weighted by Gasteiger charge is -2.12. The maximum Gasteiger partial charge on any atom is 0.113 e. The van der Waals surface area contributed by atoms with Crippen molar-refractivity contribution in [3.05, 3.63) is 54.0 Å². The summed E-state index contributed by atoms with van der Waals surface area (Å²) in [6, 6.07) is 11.8. The summed E-state index contributed by atoms with van der Waals surface area (Å²) in [7, 11) is 0. The van der Waals surface area contributed by atoms with E-state index in [9.17, 15) is 5.11 Å². The zero-order valence-corrected chi connectivity index (χ0v) is 10.6. The Balaban J connectivity index is 2.09. The van der Waals surface area contributed by atoms with Crippen LogP contribution < -0.4 is 0 Å². The van der Waals surface area contributed by atoms with Crippen molar-refractivity contribution in [2.45, 2.75) is 30.1 Å². The van der Waals surface area contributed by atoms with E-state index in [0.717, 1.165) is 28.4 Å². The summed E-state index contributed by atoms with van der Waals surface area (Å²) in [6.45, 7) is 1.98. The fourth-order valence-corrected chi connectivity index (χ4v) is 2.66. The van der Waals surface area contributed by atoms with Gasteiger partial charge in [-0.1, -0.05) is 25.1 Å². The molecular formula is C14H16O2S. The van der Waals surface area contributed by atoms with Crippen LogP contribution in [0, 0.1) is 0 Å². The van der Waals surface area contributed by atoms with Gasteiger partial charge in [0.25, 0.3) is 0 Å². The molecule has 17 heavy (non-hydrogen) atoms. The Hall–Kier alpha value is -1.19. The first-order valence-electron chi connectivity index (χ1n) is 5.73. The highest BCUT2D eigenvalue weighted by Crippen LogP contribution is 2.31. The predicted octanol–water partition coefficient (Wildman–Crippen LogP) is 4.02. The number of hydrogen-bond donors (Lipinski definition) is 1. The number of thioether (sulfide) groups is 1. The lowest BCUT2D eigenvalue weighted by Crippen LogP contribution is -1.97. The Morgan fingerprint density at radius 3 is 2.76 bits per heavy atom. The van der Waals surface area contributed by atoms with Crippen molar-refractivity contribution in [1.82, 2.24) is 0 Å². The fraction of sp³-hybridized carbons (Fsp3) is 0.286. The molecule has 1 atom stereocenters. The Bertz CT molecular complexity index is 451. The molecule has 2 rings (SSSR count). The molecule has 1 aromatic carbocycles. The van der Waals surface area contributed by atoms with E-state index >= 15 is 0 Å². The van der Waals surface area contributed by atoms with E-state index in [4.69, 9.17) is 4.42 Å². The molecule has 0 saturated heterocycles. The minimum atomic E-state index is -0.379. The minimum Gasteiger partial charge on any atom is -0.468 e. The van der Waals surface area contributed by atoms with Crippen LogP contribution in [0.4, 0.5) is 0 Å². The van der Waals surface area contributed by atoms with Gasteiger partial charge >= 0.3 is 0 Å². The molecule has 0 bridgehead atoms. The van der Waals surface area contributed by atoms with Crippen LogP contribution in [-0.4, -0.2) is 5.11 Å². The van der Waals surface area contributed by atoms with Crippen LogP contribution in [0.15, 0.2) is 52.0 Å². The Labute approximate surface area is 106 Å². The third-order valence-electron chi connectivity index (χ3n) is 2.61. The van der Waals surface area contributed by atoms with E-state index in [2.05, 4.69) is 0 Å². The topological polar surface area (TPSA) is 33.4 Å². The molecule has 2 nitrogen and oxygen atoms in total. The number of aliphatic hydroxyl groups excluding tert-OH is 1. The number of rotatable bonds is 5. The number of benzene rings is 1. The lowest BCUT2D eigenvalue weighted by molar-refractivity contribution is 0.171. The van der Waals surface area contributed by atoms with Crippen molar-refractivity contribution in [3.8, 4) is 0 Å². The van der Waals surface area contributed by atoms with Crippen molar-refractivity contribution in [3.63, 3.8) is 0 Å². The molecule has 3 heteroatoms. The molecule has 0 aliphatic carbocycles. The molecule has 0 radical (unpaired) electrons. The highest BCUT2D eigenvalue weighted by molar-refractivity contribution is 7.98. The van der Waals surface area contributed by atoms with Gasteiger partial charge in [0.1, 0.15) is 5.76 Å². The summed E-state index contributed by atoms with van der Waals surface area (Å²) in [4.78, 5) is 1.12. The molecule has 90 valence electrons. The van der Waals surface area contributed by atoms with E-state index in [0.29, 0.717) is 0 Å². The van der Waals surface area contributed by atoms with E-state index in [1.165, 1.54) is 0 Å². The third kappa shape index (κ3) is 3.14. The van der Waals surface area contributed by atoms with Gasteiger partial charge in [-0.3, -0.25) is 0 Å². The second kappa shape index (κ2) is 5.94. The van der Waals surface area contributed by atoms with Crippen molar-refractivity contribution in [1.29, 1.82) is 0 Å². The Morgan fingerprint density at radius 2 is 2.06 bits per heavy atom. The van der Waals surface area contributed by atoms with Crippen LogP contribution in [0.2, 0.25) is 0 Å². The molecule has 0 aliphatic rings. The second-order valence-electron chi connectivity index (χ2n) is 3.83. The van der Waals surface area contributed by atoms with Gasteiger partial charge < -0.3 is 9.52 Å². The summed E-state index contributed by atoms with van der Waals surface area (Å²) in [5, 5.41) is 9.93. The number of hydrogen-bond acceptors (Lipinski definition) is 3. The van der Waals surface area contributed by atoms with Crippen molar-refractivity contribution in [2.75, 3.05) is 0 Å². The highest BCUT2D eigenvalue weighted by Gasteiger charge is 2.10. The molecule has 0 fully saturated rings. The molecule has 1 unspecified atom stereocenters. The van der Waals surface area contributed by atoms with Crippen LogP contribution in [0.25, 0.3) is 0 Å². The second-order valence-corrected chi connectivity index (χ2v) is 4.85. The van der Waals surface area contributed by atoms with Crippen LogP contribution in [0.1, 0.15) is 30.8 Å². The molecule has 0 amide bonds. The summed E-state index contributed by atoms with van der Waals surface area (Å²) in [5.74, 6) is 1.75. The van der Waals surface area contributed by atoms with Crippen molar-refractivity contribution in [2.24, 2.45) is 0 Å². The van der Waals surface area contributed by atoms with Gasteiger partial charge in [-0.15, -0.1) is 11.8 Å². The fourth-order valence-electron chi connectivity index (χ4n) is 1.65. The summed E-state index contributed by atoms with van der Waals surface area (Å²) in [6.07, 6.45) is 2.04. The van der Waals surface area contributed by atoms with E-state index < -0.39 is 0 Å². The molecule has 1 aromatic heterocycles. The van der Waals surface area contributed by atoms with Gasteiger partial charge in [-0.05, 0) is 30.2 Å². The van der Waals surface area contributed by atoms with Gasteiger partial charge in [0.05, 0.1) is 18.1 Å². The largest absolute Gasteiger partial charge is 0.468 e. The number of furan rings is 1. The Kier molecular flexibility index (Phi) is 4.29. The predicted molar refractivity (Wildman–Crippen MR) is 70.0 cm³/mol. The number of aliphatic hydroxyl groups is 1. The van der Waals surface area contributed by atoms with Crippen LogP contribution in [0.5, 0.6) is 0 Å².